The third kappa shape index (κ3) is 2.64. The van der Waals surface area contributed by atoms with Gasteiger partial charge in [0.05, 0.1) is 24.2 Å². The van der Waals surface area contributed by atoms with Crippen molar-refractivity contribution in [2.24, 2.45) is 5.73 Å². The zero-order valence-electron chi connectivity index (χ0n) is 12.8. The van der Waals surface area contributed by atoms with Gasteiger partial charge in [-0.2, -0.15) is 0 Å². The highest BCUT2D eigenvalue weighted by Crippen LogP contribution is 2.27. The van der Waals surface area contributed by atoms with E-state index in [1.807, 2.05) is 12.1 Å². The molecule has 0 radical (unpaired) electrons. The smallest absolute Gasteiger partial charge is 0.127 e. The molecule has 1 aromatic carbocycles. The van der Waals surface area contributed by atoms with Crippen molar-refractivity contribution < 1.29 is 4.74 Å². The van der Waals surface area contributed by atoms with E-state index < -0.39 is 0 Å². The topological polar surface area (TPSA) is 56.3 Å². The van der Waals surface area contributed by atoms with Crippen molar-refractivity contribution in [1.82, 2.24) is 14.5 Å². The van der Waals surface area contributed by atoms with Gasteiger partial charge in [0.2, 0.25) is 0 Å². The maximum Gasteiger partial charge on any atom is 0.127 e. The Balaban J connectivity index is 2.59. The number of imidazole rings is 1. The number of methoxy groups -OCH3 is 1. The summed E-state index contributed by atoms with van der Waals surface area (Å²) >= 11 is 0. The van der Waals surface area contributed by atoms with Crippen LogP contribution in [0.4, 0.5) is 0 Å². The molecule has 0 saturated heterocycles. The number of rotatable bonds is 6. The molecule has 5 heteroatoms. The number of fused-ring (bicyclic) bond motifs is 1. The van der Waals surface area contributed by atoms with E-state index in [2.05, 4.69) is 36.6 Å². The summed E-state index contributed by atoms with van der Waals surface area (Å²) < 4.78 is 7.51. The second-order valence-electron chi connectivity index (χ2n) is 5.15. The highest BCUT2D eigenvalue weighted by molar-refractivity contribution is 5.78. The van der Waals surface area contributed by atoms with Gasteiger partial charge in [0.1, 0.15) is 11.6 Å². The molecule has 110 valence electrons. The van der Waals surface area contributed by atoms with Gasteiger partial charge in [-0.05, 0) is 32.6 Å². The second-order valence-corrected chi connectivity index (χ2v) is 5.15. The van der Waals surface area contributed by atoms with E-state index in [1.54, 1.807) is 7.11 Å². The highest BCUT2D eigenvalue weighted by Gasteiger charge is 2.20. The molecule has 1 atom stereocenters. The Bertz CT molecular complexity index is 577. The van der Waals surface area contributed by atoms with Gasteiger partial charge in [-0.15, -0.1) is 0 Å². The van der Waals surface area contributed by atoms with Crippen LogP contribution in [0, 0.1) is 0 Å². The first-order valence-electron chi connectivity index (χ1n) is 7.03. The Hall–Kier alpha value is -1.59. The Morgan fingerprint density at radius 3 is 2.70 bits per heavy atom. The minimum Gasteiger partial charge on any atom is -0.497 e. The van der Waals surface area contributed by atoms with E-state index in [9.17, 15) is 0 Å². The first kappa shape index (κ1) is 14.8. The van der Waals surface area contributed by atoms with Crippen LogP contribution in [0.2, 0.25) is 0 Å². The third-order valence-electron chi connectivity index (χ3n) is 3.65. The largest absolute Gasteiger partial charge is 0.497 e. The molecule has 20 heavy (non-hydrogen) atoms. The molecule has 1 heterocycles. The molecule has 0 amide bonds. The van der Waals surface area contributed by atoms with Crippen LogP contribution in [-0.2, 0) is 6.54 Å². The monoisotopic (exact) mass is 276 g/mol. The first-order chi connectivity index (χ1) is 9.62. The van der Waals surface area contributed by atoms with E-state index in [0.717, 1.165) is 35.6 Å². The SMILES string of the molecule is CCC(c1nc2cc(OC)ccc2n1CCN)N(C)C. The summed E-state index contributed by atoms with van der Waals surface area (Å²) in [5, 5.41) is 0. The third-order valence-corrected chi connectivity index (χ3v) is 3.65. The molecule has 1 aromatic heterocycles. The average molecular weight is 276 g/mol. The standard InChI is InChI=1S/C15H24N4O/c1-5-13(18(2)3)15-17-12-10-11(20-4)6-7-14(12)19(15)9-8-16/h6-7,10,13H,5,8-9,16H2,1-4H3. The van der Waals surface area contributed by atoms with Crippen molar-refractivity contribution in [2.45, 2.75) is 25.9 Å². The molecule has 0 saturated carbocycles. The molecule has 0 bridgehead atoms. The van der Waals surface area contributed by atoms with Crippen molar-refractivity contribution in [3.05, 3.63) is 24.0 Å². The van der Waals surface area contributed by atoms with Crippen molar-refractivity contribution in [2.75, 3.05) is 27.7 Å². The number of aromatic nitrogens is 2. The Kier molecular flexibility index (Phi) is 4.62. The Labute approximate surface area is 120 Å². The van der Waals surface area contributed by atoms with Crippen molar-refractivity contribution in [3.63, 3.8) is 0 Å². The first-order valence-corrected chi connectivity index (χ1v) is 7.03. The maximum atomic E-state index is 5.77. The number of nitrogens with zero attached hydrogens (tertiary/aromatic N) is 3. The molecule has 2 aromatic rings. The van der Waals surface area contributed by atoms with Crippen LogP contribution in [0.3, 0.4) is 0 Å². The normalized spacial score (nSPS) is 13.1. The molecule has 2 rings (SSSR count). The van der Waals surface area contributed by atoms with Gasteiger partial charge >= 0.3 is 0 Å². The fourth-order valence-electron chi connectivity index (χ4n) is 2.65. The van der Waals surface area contributed by atoms with Crippen LogP contribution in [0.15, 0.2) is 18.2 Å². The van der Waals surface area contributed by atoms with Gasteiger partial charge in [0.15, 0.2) is 0 Å². The van der Waals surface area contributed by atoms with E-state index in [1.165, 1.54) is 0 Å². The van der Waals surface area contributed by atoms with Gasteiger partial charge in [0.25, 0.3) is 0 Å². The molecule has 0 aliphatic heterocycles. The summed E-state index contributed by atoms with van der Waals surface area (Å²) in [5.74, 6) is 1.91. The van der Waals surface area contributed by atoms with Crippen molar-refractivity contribution in [1.29, 1.82) is 0 Å². The van der Waals surface area contributed by atoms with Crippen LogP contribution in [0.5, 0.6) is 5.75 Å². The quantitative estimate of drug-likeness (QED) is 0.877. The molecule has 0 fully saturated rings. The van der Waals surface area contributed by atoms with E-state index in [-0.39, 0.29) is 0 Å². The number of nitrogens with two attached hydrogens (primary N) is 1. The van der Waals surface area contributed by atoms with Crippen LogP contribution < -0.4 is 10.5 Å². The molecule has 5 nitrogen and oxygen atoms in total. The van der Waals surface area contributed by atoms with Crippen LogP contribution >= 0.6 is 0 Å². The molecule has 0 aliphatic rings. The molecular formula is C15H24N4O. The minimum atomic E-state index is 0.292. The van der Waals surface area contributed by atoms with Gasteiger partial charge in [0, 0.05) is 19.2 Å². The average Bonchev–Trinajstić information content (AvgIpc) is 2.77. The van der Waals surface area contributed by atoms with Gasteiger partial charge < -0.3 is 15.0 Å². The zero-order valence-corrected chi connectivity index (χ0v) is 12.8. The van der Waals surface area contributed by atoms with E-state index in [4.69, 9.17) is 15.5 Å². The molecule has 1 unspecified atom stereocenters. The Morgan fingerprint density at radius 1 is 1.40 bits per heavy atom. The van der Waals surface area contributed by atoms with Crippen LogP contribution in [0.1, 0.15) is 25.2 Å². The lowest BCUT2D eigenvalue weighted by Crippen LogP contribution is -2.24. The Morgan fingerprint density at radius 2 is 2.15 bits per heavy atom. The molecular weight excluding hydrogens is 252 g/mol. The summed E-state index contributed by atoms with van der Waals surface area (Å²) in [6.45, 7) is 3.56. The lowest BCUT2D eigenvalue weighted by atomic mass is 10.2. The fraction of sp³-hybridized carbons (Fsp3) is 0.533. The summed E-state index contributed by atoms with van der Waals surface area (Å²) in [4.78, 5) is 7.02. The number of ether oxygens (including phenoxy) is 1. The number of hydrogen-bond donors (Lipinski definition) is 1. The van der Waals surface area contributed by atoms with E-state index in [0.29, 0.717) is 12.6 Å². The number of hydrogen-bond acceptors (Lipinski definition) is 4. The maximum absolute atomic E-state index is 5.77. The van der Waals surface area contributed by atoms with Crippen molar-refractivity contribution in [3.8, 4) is 5.75 Å². The zero-order chi connectivity index (χ0) is 14.7. The van der Waals surface area contributed by atoms with Crippen LogP contribution in [-0.4, -0.2) is 42.2 Å². The lowest BCUT2D eigenvalue weighted by molar-refractivity contribution is 0.273. The summed E-state index contributed by atoms with van der Waals surface area (Å²) in [6.07, 6.45) is 1.01. The van der Waals surface area contributed by atoms with Gasteiger partial charge in [-0.3, -0.25) is 4.90 Å². The van der Waals surface area contributed by atoms with E-state index >= 15 is 0 Å². The highest BCUT2D eigenvalue weighted by atomic mass is 16.5. The summed E-state index contributed by atoms with van der Waals surface area (Å²) in [7, 11) is 5.84. The predicted molar refractivity (Wildman–Crippen MR) is 82.1 cm³/mol. The number of benzene rings is 1. The molecule has 0 spiro atoms. The predicted octanol–water partition coefficient (Wildman–Crippen LogP) is 2.02. The molecule has 2 N–H and O–H groups in total. The summed E-state index contributed by atoms with van der Waals surface area (Å²) in [6, 6.07) is 6.30. The second kappa shape index (κ2) is 6.24. The van der Waals surface area contributed by atoms with Crippen LogP contribution in [0.25, 0.3) is 11.0 Å². The van der Waals surface area contributed by atoms with Gasteiger partial charge in [-0.1, -0.05) is 6.92 Å². The lowest BCUT2D eigenvalue weighted by Gasteiger charge is -2.23. The van der Waals surface area contributed by atoms with Crippen molar-refractivity contribution >= 4 is 11.0 Å². The minimum absolute atomic E-state index is 0.292. The fourth-order valence-corrected chi connectivity index (χ4v) is 2.65. The molecule has 0 aliphatic carbocycles. The van der Waals surface area contributed by atoms with Gasteiger partial charge in [-0.25, -0.2) is 4.98 Å². The summed E-state index contributed by atoms with van der Waals surface area (Å²) in [5.41, 5.74) is 7.85.